The summed E-state index contributed by atoms with van der Waals surface area (Å²) >= 11 is 5.68. The molecule has 1 rings (SSSR count). The lowest BCUT2D eigenvalue weighted by molar-refractivity contribution is -0.116. The average Bonchev–Trinajstić information content (AvgIpc) is 2.10. The summed E-state index contributed by atoms with van der Waals surface area (Å²) in [7, 11) is 0. The number of ketones is 1. The Bertz CT molecular complexity index is 341. The van der Waals surface area contributed by atoms with Gasteiger partial charge in [0.25, 0.3) is 0 Å². The van der Waals surface area contributed by atoms with Gasteiger partial charge in [-0.15, -0.1) is 0 Å². The van der Waals surface area contributed by atoms with Crippen LogP contribution in [0.15, 0.2) is 18.2 Å². The topological polar surface area (TPSA) is 29.1 Å². The van der Waals surface area contributed by atoms with Crippen LogP contribution < -0.4 is 5.32 Å². The number of benzene rings is 1. The average molecular weight is 216 g/mol. The fourth-order valence-corrected chi connectivity index (χ4v) is 1.18. The number of Topliss-reactive ketones (excluding diaryl/α,β-unsaturated/α-hetero) is 1. The third-order valence-corrected chi connectivity index (χ3v) is 1.96. The predicted octanol–water partition coefficient (Wildman–Crippen LogP) is 2.87. The van der Waals surface area contributed by atoms with E-state index in [1.54, 1.807) is 0 Å². The Morgan fingerprint density at radius 3 is 2.93 bits per heavy atom. The van der Waals surface area contributed by atoms with E-state index < -0.39 is 0 Å². The molecule has 1 N–H and O–H groups in total. The molecule has 0 spiro atoms. The van der Waals surface area contributed by atoms with Gasteiger partial charge in [-0.1, -0.05) is 11.6 Å². The summed E-state index contributed by atoms with van der Waals surface area (Å²) in [6, 6.07) is 4.27. The molecule has 0 aliphatic carbocycles. The van der Waals surface area contributed by atoms with E-state index in [0.717, 1.165) is 0 Å². The van der Waals surface area contributed by atoms with Crippen LogP contribution in [0.5, 0.6) is 0 Å². The Labute approximate surface area is 87.1 Å². The van der Waals surface area contributed by atoms with E-state index in [1.165, 1.54) is 25.1 Å². The summed E-state index contributed by atoms with van der Waals surface area (Å²) in [4.78, 5) is 10.6. The summed E-state index contributed by atoms with van der Waals surface area (Å²) < 4.78 is 13.1. The maximum Gasteiger partial charge on any atom is 0.146 e. The smallest absolute Gasteiger partial charge is 0.146 e. The van der Waals surface area contributed by atoms with Gasteiger partial charge in [-0.3, -0.25) is 4.79 Å². The minimum absolute atomic E-state index is 0.0694. The van der Waals surface area contributed by atoms with Crippen LogP contribution in [0, 0.1) is 5.82 Å². The lowest BCUT2D eigenvalue weighted by Crippen LogP contribution is -2.06. The fourth-order valence-electron chi connectivity index (χ4n) is 1.01. The molecule has 76 valence electrons. The molecular weight excluding hydrogens is 205 g/mol. The van der Waals surface area contributed by atoms with Gasteiger partial charge >= 0.3 is 0 Å². The first-order valence-corrected chi connectivity index (χ1v) is 4.66. The highest BCUT2D eigenvalue weighted by molar-refractivity contribution is 6.30. The lowest BCUT2D eigenvalue weighted by Gasteiger charge is -2.06. The fraction of sp³-hybridized carbons (Fsp3) is 0.300. The number of halogens is 2. The van der Waals surface area contributed by atoms with Crippen LogP contribution in [0.25, 0.3) is 0 Å². The lowest BCUT2D eigenvalue weighted by atomic mass is 10.2. The molecule has 0 bridgehead atoms. The van der Waals surface area contributed by atoms with Crippen molar-refractivity contribution in [3.8, 4) is 0 Å². The maximum atomic E-state index is 13.1. The third kappa shape index (κ3) is 3.34. The Balaban J connectivity index is 2.57. The van der Waals surface area contributed by atoms with Crippen molar-refractivity contribution in [3.63, 3.8) is 0 Å². The quantitative estimate of drug-likeness (QED) is 0.837. The molecule has 14 heavy (non-hydrogen) atoms. The van der Waals surface area contributed by atoms with Gasteiger partial charge in [0.1, 0.15) is 11.6 Å². The van der Waals surface area contributed by atoms with Gasteiger partial charge in [0.2, 0.25) is 0 Å². The van der Waals surface area contributed by atoms with Crippen LogP contribution in [0.4, 0.5) is 10.1 Å². The van der Waals surface area contributed by atoms with Crippen molar-refractivity contribution in [1.82, 2.24) is 0 Å². The van der Waals surface area contributed by atoms with Gasteiger partial charge in [0.15, 0.2) is 0 Å². The van der Waals surface area contributed by atoms with E-state index in [1.807, 2.05) is 0 Å². The predicted molar refractivity (Wildman–Crippen MR) is 55.2 cm³/mol. The maximum absolute atomic E-state index is 13.1. The Hall–Kier alpha value is -1.09. The van der Waals surface area contributed by atoms with Gasteiger partial charge in [-0.25, -0.2) is 4.39 Å². The van der Waals surface area contributed by atoms with Crippen LogP contribution in [0.1, 0.15) is 13.3 Å². The summed E-state index contributed by atoms with van der Waals surface area (Å²) in [5.41, 5.74) is 0.332. The molecule has 0 aliphatic rings. The van der Waals surface area contributed by atoms with E-state index in [0.29, 0.717) is 23.7 Å². The highest BCUT2D eigenvalue weighted by Crippen LogP contribution is 2.19. The number of carbonyl (C=O) groups is 1. The molecule has 1 aromatic rings. The van der Waals surface area contributed by atoms with Crippen molar-refractivity contribution in [2.24, 2.45) is 0 Å². The number of nitrogens with one attached hydrogen (secondary N) is 1. The molecule has 1 aromatic carbocycles. The molecule has 4 heteroatoms. The van der Waals surface area contributed by atoms with Crippen LogP contribution in [-0.2, 0) is 4.79 Å². The summed E-state index contributed by atoms with van der Waals surface area (Å²) in [5.74, 6) is -0.294. The second kappa shape index (κ2) is 4.96. The Kier molecular flexibility index (Phi) is 3.89. The van der Waals surface area contributed by atoms with E-state index in [9.17, 15) is 9.18 Å². The summed E-state index contributed by atoms with van der Waals surface area (Å²) in [6.45, 7) is 1.92. The van der Waals surface area contributed by atoms with Gasteiger partial charge < -0.3 is 5.32 Å². The zero-order valence-corrected chi connectivity index (χ0v) is 8.57. The van der Waals surface area contributed by atoms with Crippen LogP contribution >= 0.6 is 11.6 Å². The molecule has 0 saturated heterocycles. The zero-order chi connectivity index (χ0) is 10.6. The highest BCUT2D eigenvalue weighted by Gasteiger charge is 2.02. The minimum Gasteiger partial charge on any atom is -0.382 e. The van der Waals surface area contributed by atoms with Crippen molar-refractivity contribution in [1.29, 1.82) is 0 Å². The van der Waals surface area contributed by atoms with Crippen LogP contribution in [0.3, 0.4) is 0 Å². The number of hydrogen-bond donors (Lipinski definition) is 1. The standard InChI is InChI=1S/C10H11ClFNO/c1-7(14)4-5-13-10-6-8(11)2-3-9(10)12/h2-3,6,13H,4-5H2,1H3. The molecule has 0 saturated carbocycles. The number of rotatable bonds is 4. The number of hydrogen-bond acceptors (Lipinski definition) is 2. The van der Waals surface area contributed by atoms with Gasteiger partial charge in [0, 0.05) is 18.0 Å². The summed E-state index contributed by atoms with van der Waals surface area (Å²) in [5, 5.41) is 3.27. The molecule has 0 fully saturated rings. The SMILES string of the molecule is CC(=O)CCNc1cc(Cl)ccc1F. The number of anilines is 1. The Morgan fingerprint density at radius 2 is 2.29 bits per heavy atom. The normalized spacial score (nSPS) is 9.93. The molecular formula is C10H11ClFNO. The van der Waals surface area contributed by atoms with Crippen molar-refractivity contribution >= 4 is 23.1 Å². The first-order valence-electron chi connectivity index (χ1n) is 4.28. The van der Waals surface area contributed by atoms with Crippen molar-refractivity contribution in [2.75, 3.05) is 11.9 Å². The molecule has 0 radical (unpaired) electrons. The summed E-state index contributed by atoms with van der Waals surface area (Å²) in [6.07, 6.45) is 0.381. The van der Waals surface area contributed by atoms with Crippen molar-refractivity contribution in [2.45, 2.75) is 13.3 Å². The van der Waals surface area contributed by atoms with E-state index in [4.69, 9.17) is 11.6 Å². The molecule has 2 nitrogen and oxygen atoms in total. The minimum atomic E-state index is -0.363. The highest BCUT2D eigenvalue weighted by atomic mass is 35.5. The third-order valence-electron chi connectivity index (χ3n) is 1.72. The van der Waals surface area contributed by atoms with E-state index >= 15 is 0 Å². The first kappa shape index (κ1) is 11.0. The van der Waals surface area contributed by atoms with Gasteiger partial charge in [-0.2, -0.15) is 0 Å². The molecule has 0 unspecified atom stereocenters. The first-order chi connectivity index (χ1) is 6.59. The zero-order valence-electron chi connectivity index (χ0n) is 7.81. The van der Waals surface area contributed by atoms with E-state index in [2.05, 4.69) is 5.32 Å². The second-order valence-electron chi connectivity index (χ2n) is 3.00. The molecule has 0 aliphatic heterocycles. The molecule has 0 atom stereocenters. The van der Waals surface area contributed by atoms with Gasteiger partial charge in [-0.05, 0) is 25.1 Å². The monoisotopic (exact) mass is 215 g/mol. The van der Waals surface area contributed by atoms with Crippen molar-refractivity contribution in [3.05, 3.63) is 29.0 Å². The Morgan fingerprint density at radius 1 is 1.57 bits per heavy atom. The molecule has 0 amide bonds. The molecule has 0 aromatic heterocycles. The van der Waals surface area contributed by atoms with E-state index in [-0.39, 0.29) is 11.6 Å². The largest absolute Gasteiger partial charge is 0.382 e. The van der Waals surface area contributed by atoms with Gasteiger partial charge in [0.05, 0.1) is 5.69 Å². The van der Waals surface area contributed by atoms with Crippen molar-refractivity contribution < 1.29 is 9.18 Å². The molecule has 0 heterocycles. The van der Waals surface area contributed by atoms with Crippen LogP contribution in [0.2, 0.25) is 5.02 Å². The number of carbonyl (C=O) groups excluding carboxylic acids is 1. The van der Waals surface area contributed by atoms with Crippen LogP contribution in [-0.4, -0.2) is 12.3 Å². The second-order valence-corrected chi connectivity index (χ2v) is 3.44.